The van der Waals surface area contributed by atoms with Gasteiger partial charge in [0.05, 0.1) is 5.57 Å². The zero-order valence-corrected chi connectivity index (χ0v) is 10.1. The summed E-state index contributed by atoms with van der Waals surface area (Å²) in [5.74, 6) is -10.7. The standard InChI is InChI=1S/C13H12O7/c14-9-6-8(10(15)7-4-2-1-3-5-7)11(16)13(19,20)12(9,17)18/h1-6,14-15,17-20H. The van der Waals surface area contributed by atoms with Crippen LogP contribution < -0.4 is 0 Å². The number of Topliss-reactive ketones (excluding diaryl/α,β-unsaturated/α-hetero) is 1. The molecule has 2 rings (SSSR count). The molecule has 6 N–H and O–H groups in total. The van der Waals surface area contributed by atoms with Gasteiger partial charge < -0.3 is 30.6 Å². The van der Waals surface area contributed by atoms with E-state index >= 15 is 0 Å². The molecule has 106 valence electrons. The summed E-state index contributed by atoms with van der Waals surface area (Å²) in [6, 6.07) is 7.67. The first kappa shape index (κ1) is 14.2. The van der Waals surface area contributed by atoms with Crippen molar-refractivity contribution in [2.45, 2.75) is 11.6 Å². The van der Waals surface area contributed by atoms with Gasteiger partial charge in [0.1, 0.15) is 5.76 Å². The summed E-state index contributed by atoms with van der Waals surface area (Å²) in [5.41, 5.74) is -0.475. The predicted molar refractivity (Wildman–Crippen MR) is 66.0 cm³/mol. The average molecular weight is 280 g/mol. The molecule has 0 atom stereocenters. The van der Waals surface area contributed by atoms with Crippen molar-refractivity contribution < 1.29 is 35.4 Å². The molecule has 7 nitrogen and oxygen atoms in total. The monoisotopic (exact) mass is 280 g/mol. The summed E-state index contributed by atoms with van der Waals surface area (Å²) < 4.78 is 0. The van der Waals surface area contributed by atoms with E-state index in [0.29, 0.717) is 6.08 Å². The molecule has 0 spiro atoms. The SMILES string of the molecule is O=C1C(=C(O)c2ccccc2)C=C(O)C(O)(O)C1(O)O. The molecule has 1 aromatic rings. The molecule has 7 heteroatoms. The van der Waals surface area contributed by atoms with Gasteiger partial charge in [-0.3, -0.25) is 4.79 Å². The molecule has 0 bridgehead atoms. The maximum Gasteiger partial charge on any atom is 0.292 e. The normalized spacial score (nSPS) is 23.2. The van der Waals surface area contributed by atoms with Crippen molar-refractivity contribution >= 4 is 11.5 Å². The molecule has 0 saturated carbocycles. The van der Waals surface area contributed by atoms with E-state index in [1.54, 1.807) is 18.2 Å². The van der Waals surface area contributed by atoms with E-state index in [1.807, 2.05) is 0 Å². The van der Waals surface area contributed by atoms with Crippen LogP contribution in [0.2, 0.25) is 0 Å². The number of hydrogen-bond donors (Lipinski definition) is 6. The van der Waals surface area contributed by atoms with Gasteiger partial charge >= 0.3 is 0 Å². The first-order valence-electron chi connectivity index (χ1n) is 5.53. The van der Waals surface area contributed by atoms with Crippen LogP contribution in [0.5, 0.6) is 0 Å². The fourth-order valence-electron chi connectivity index (χ4n) is 1.76. The smallest absolute Gasteiger partial charge is 0.292 e. The lowest BCUT2D eigenvalue weighted by atomic mass is 9.86. The molecule has 1 aliphatic carbocycles. The third-order valence-corrected chi connectivity index (χ3v) is 2.99. The number of benzene rings is 1. The molecule has 0 radical (unpaired) electrons. The van der Waals surface area contributed by atoms with E-state index in [4.69, 9.17) is 0 Å². The van der Waals surface area contributed by atoms with E-state index < -0.39 is 34.4 Å². The first-order valence-corrected chi connectivity index (χ1v) is 5.53. The van der Waals surface area contributed by atoms with E-state index in [9.17, 15) is 35.4 Å². The van der Waals surface area contributed by atoms with Crippen LogP contribution in [0.3, 0.4) is 0 Å². The molecule has 0 amide bonds. The molecule has 0 aromatic heterocycles. The van der Waals surface area contributed by atoms with Crippen molar-refractivity contribution in [1.82, 2.24) is 0 Å². The minimum atomic E-state index is -3.68. The van der Waals surface area contributed by atoms with Crippen LogP contribution in [0.15, 0.2) is 47.7 Å². The van der Waals surface area contributed by atoms with E-state index in [2.05, 4.69) is 0 Å². The number of ketones is 1. The minimum Gasteiger partial charge on any atom is -0.507 e. The highest BCUT2D eigenvalue weighted by molar-refractivity contribution is 6.09. The highest BCUT2D eigenvalue weighted by Crippen LogP contribution is 2.35. The molecule has 1 aliphatic rings. The summed E-state index contributed by atoms with van der Waals surface area (Å²) >= 11 is 0. The van der Waals surface area contributed by atoms with Crippen LogP contribution >= 0.6 is 0 Å². The Morgan fingerprint density at radius 2 is 1.50 bits per heavy atom. The van der Waals surface area contributed by atoms with Crippen LogP contribution in [0.1, 0.15) is 5.56 Å². The Labute approximate surface area is 113 Å². The predicted octanol–water partition coefficient (Wildman–Crippen LogP) is -0.658. The third-order valence-electron chi connectivity index (χ3n) is 2.99. The van der Waals surface area contributed by atoms with Gasteiger partial charge in [-0.15, -0.1) is 0 Å². The third kappa shape index (κ3) is 1.89. The van der Waals surface area contributed by atoms with Crippen molar-refractivity contribution in [3.05, 3.63) is 53.3 Å². The second-order valence-corrected chi connectivity index (χ2v) is 4.33. The Kier molecular flexibility index (Phi) is 3.15. The molecule has 0 saturated heterocycles. The lowest BCUT2D eigenvalue weighted by Crippen LogP contribution is -2.63. The molecule has 0 heterocycles. The van der Waals surface area contributed by atoms with E-state index in [-0.39, 0.29) is 5.56 Å². The lowest BCUT2D eigenvalue weighted by Gasteiger charge is -2.36. The van der Waals surface area contributed by atoms with Crippen LogP contribution in [0.25, 0.3) is 5.76 Å². The summed E-state index contributed by atoms with van der Waals surface area (Å²) in [4.78, 5) is 11.8. The Balaban J connectivity index is 2.65. The van der Waals surface area contributed by atoms with Crippen molar-refractivity contribution in [3.8, 4) is 0 Å². The number of aliphatic hydroxyl groups is 6. The van der Waals surface area contributed by atoms with Gasteiger partial charge in [0.25, 0.3) is 11.6 Å². The van der Waals surface area contributed by atoms with Crippen LogP contribution in [-0.4, -0.2) is 48.0 Å². The van der Waals surface area contributed by atoms with Gasteiger partial charge in [-0.2, -0.15) is 0 Å². The largest absolute Gasteiger partial charge is 0.507 e. The number of rotatable bonds is 1. The average Bonchev–Trinajstić information content (AvgIpc) is 2.42. The van der Waals surface area contributed by atoms with Gasteiger partial charge in [0.15, 0.2) is 5.76 Å². The van der Waals surface area contributed by atoms with Crippen LogP contribution in [0, 0.1) is 0 Å². The van der Waals surface area contributed by atoms with Crippen molar-refractivity contribution in [2.24, 2.45) is 0 Å². The lowest BCUT2D eigenvalue weighted by molar-refractivity contribution is -0.328. The maximum absolute atomic E-state index is 11.8. The van der Waals surface area contributed by atoms with Gasteiger partial charge in [0.2, 0.25) is 5.78 Å². The highest BCUT2D eigenvalue weighted by Gasteiger charge is 2.60. The Bertz CT molecular complexity index is 611. The van der Waals surface area contributed by atoms with Gasteiger partial charge in [-0.1, -0.05) is 30.3 Å². The molecular weight excluding hydrogens is 268 g/mol. The molecule has 0 unspecified atom stereocenters. The zero-order chi connectivity index (χ0) is 15.1. The van der Waals surface area contributed by atoms with Crippen molar-refractivity contribution in [2.75, 3.05) is 0 Å². The molecule has 20 heavy (non-hydrogen) atoms. The zero-order valence-electron chi connectivity index (χ0n) is 10.1. The Hall–Kier alpha value is -2.19. The van der Waals surface area contributed by atoms with E-state index in [1.165, 1.54) is 12.1 Å². The Morgan fingerprint density at radius 3 is 2.05 bits per heavy atom. The highest BCUT2D eigenvalue weighted by atomic mass is 16.6. The summed E-state index contributed by atoms with van der Waals surface area (Å²) in [6.07, 6.45) is 0.565. The van der Waals surface area contributed by atoms with Gasteiger partial charge in [0, 0.05) is 5.56 Å². The minimum absolute atomic E-state index is 0.180. The van der Waals surface area contributed by atoms with Crippen molar-refractivity contribution in [1.29, 1.82) is 0 Å². The van der Waals surface area contributed by atoms with Gasteiger partial charge in [-0.05, 0) is 6.08 Å². The topological polar surface area (TPSA) is 138 Å². The Morgan fingerprint density at radius 1 is 0.950 bits per heavy atom. The van der Waals surface area contributed by atoms with E-state index in [0.717, 1.165) is 0 Å². The number of allylic oxidation sites excluding steroid dienone is 1. The molecular formula is C13H12O7. The van der Waals surface area contributed by atoms with Crippen molar-refractivity contribution in [3.63, 3.8) is 0 Å². The number of aliphatic hydroxyl groups excluding tert-OH is 2. The summed E-state index contributed by atoms with van der Waals surface area (Å²) in [5, 5.41) is 56.9. The van der Waals surface area contributed by atoms with Gasteiger partial charge in [-0.25, -0.2) is 0 Å². The molecule has 0 aliphatic heterocycles. The second kappa shape index (κ2) is 4.43. The number of carbonyl (C=O) groups excluding carboxylic acids is 1. The summed E-state index contributed by atoms with van der Waals surface area (Å²) in [7, 11) is 0. The quantitative estimate of drug-likeness (QED) is 0.228. The maximum atomic E-state index is 11.8. The van der Waals surface area contributed by atoms with Crippen LogP contribution in [-0.2, 0) is 4.79 Å². The van der Waals surface area contributed by atoms with Crippen LogP contribution in [0.4, 0.5) is 0 Å². The second-order valence-electron chi connectivity index (χ2n) is 4.33. The number of hydrogen-bond acceptors (Lipinski definition) is 7. The molecule has 1 aromatic carbocycles. The fraction of sp³-hybridized carbons (Fsp3) is 0.154. The fourth-order valence-corrected chi connectivity index (χ4v) is 1.76. The number of carbonyl (C=O) groups is 1. The summed E-state index contributed by atoms with van der Waals surface area (Å²) in [6.45, 7) is 0. The molecule has 0 fully saturated rings. The first-order chi connectivity index (χ1) is 9.19.